The van der Waals surface area contributed by atoms with Gasteiger partial charge in [-0.05, 0) is 62.2 Å². The minimum Gasteiger partial charge on any atom is -0.369 e. The fourth-order valence-electron chi connectivity index (χ4n) is 6.42. The molecule has 12 heteroatoms. The van der Waals surface area contributed by atoms with Crippen LogP contribution in [0.1, 0.15) is 30.7 Å². The van der Waals surface area contributed by atoms with Crippen molar-refractivity contribution in [3.05, 3.63) is 69.7 Å². The van der Waals surface area contributed by atoms with Gasteiger partial charge in [-0.15, -0.1) is 0 Å². The van der Waals surface area contributed by atoms with Gasteiger partial charge in [0.2, 0.25) is 0 Å². The van der Waals surface area contributed by atoms with Gasteiger partial charge in [0.05, 0.1) is 18.8 Å². The van der Waals surface area contributed by atoms with E-state index in [1.807, 2.05) is 41.8 Å². The molecule has 2 aliphatic heterocycles. The lowest BCUT2D eigenvalue weighted by atomic mass is 10.1. The summed E-state index contributed by atoms with van der Waals surface area (Å²) < 4.78 is 21.2. The van der Waals surface area contributed by atoms with E-state index < -0.39 is 6.10 Å². The minimum absolute atomic E-state index is 0.0120. The largest absolute Gasteiger partial charge is 0.369 e. The predicted octanol–water partition coefficient (Wildman–Crippen LogP) is 4.31. The lowest BCUT2D eigenvalue weighted by Gasteiger charge is -2.37. The van der Waals surface area contributed by atoms with Crippen molar-refractivity contribution in [3.8, 4) is 17.3 Å². The number of anilines is 3. The lowest BCUT2D eigenvalue weighted by molar-refractivity contribution is -0.135. The molecule has 3 fully saturated rings. The fourth-order valence-corrected chi connectivity index (χ4v) is 7.28. The molecule has 1 saturated carbocycles. The number of carbonyl (C=O) groups excluding carboxylic acids is 1. The Hall–Kier alpha value is -4.15. The van der Waals surface area contributed by atoms with Crippen LogP contribution in [-0.2, 0) is 9.53 Å². The van der Waals surface area contributed by atoms with E-state index in [9.17, 15) is 19.2 Å². The highest BCUT2D eigenvalue weighted by atomic mass is 32.1. The Morgan fingerprint density at radius 2 is 1.91 bits per heavy atom. The Kier molecular flexibility index (Phi) is 8.33. The van der Waals surface area contributed by atoms with Crippen molar-refractivity contribution in [1.82, 2.24) is 19.8 Å². The van der Waals surface area contributed by atoms with Gasteiger partial charge >= 0.3 is 0 Å². The first kappa shape index (κ1) is 30.5. The molecule has 1 aliphatic carbocycles. The SMILES string of the molecule is CC1NCCO[C@H]1C(=O)CN1CCN(c2ccc3c(=O)n(C4CC4)cc(N(C)c4nc(-c5ccc(F)cc5)c(C#N)s4)c3c2)CC1. The zero-order chi connectivity index (χ0) is 31.9. The number of hydrogen-bond donors (Lipinski definition) is 1. The number of thiazole rings is 1. The maximum Gasteiger partial charge on any atom is 0.258 e. The molecule has 0 radical (unpaired) electrons. The second-order valence-corrected chi connectivity index (χ2v) is 13.3. The van der Waals surface area contributed by atoms with E-state index in [0.717, 1.165) is 62.3 Å². The van der Waals surface area contributed by atoms with Crippen LogP contribution in [0.25, 0.3) is 22.0 Å². The van der Waals surface area contributed by atoms with Crippen LogP contribution in [0.15, 0.2) is 53.5 Å². The van der Waals surface area contributed by atoms with Gasteiger partial charge in [0, 0.05) is 80.1 Å². The number of benzene rings is 2. The number of morpholine rings is 1. The number of piperazine rings is 1. The van der Waals surface area contributed by atoms with Crippen molar-refractivity contribution in [2.24, 2.45) is 0 Å². The quantitative estimate of drug-likeness (QED) is 0.301. The Morgan fingerprint density at radius 3 is 2.61 bits per heavy atom. The molecule has 0 spiro atoms. The van der Waals surface area contributed by atoms with Crippen molar-refractivity contribution in [2.75, 3.05) is 62.7 Å². The monoisotopic (exact) mass is 641 g/mol. The molecule has 4 aromatic rings. The zero-order valence-corrected chi connectivity index (χ0v) is 26.7. The third kappa shape index (κ3) is 5.91. The molecule has 10 nitrogen and oxygen atoms in total. The predicted molar refractivity (Wildman–Crippen MR) is 178 cm³/mol. The van der Waals surface area contributed by atoms with E-state index in [4.69, 9.17) is 9.72 Å². The maximum atomic E-state index is 13.6. The van der Waals surface area contributed by atoms with Crippen molar-refractivity contribution in [1.29, 1.82) is 5.26 Å². The molecule has 0 bridgehead atoms. The average molecular weight is 642 g/mol. The second kappa shape index (κ2) is 12.6. The number of ether oxygens (including phenoxy) is 1. The molecule has 2 saturated heterocycles. The molecular formula is C34H36FN7O3S. The van der Waals surface area contributed by atoms with E-state index in [-0.39, 0.29) is 29.2 Å². The average Bonchev–Trinajstić information content (AvgIpc) is 3.83. The van der Waals surface area contributed by atoms with E-state index >= 15 is 0 Å². The van der Waals surface area contributed by atoms with Crippen LogP contribution in [0.2, 0.25) is 0 Å². The smallest absolute Gasteiger partial charge is 0.258 e. The minimum atomic E-state index is -0.406. The summed E-state index contributed by atoms with van der Waals surface area (Å²) in [7, 11) is 1.90. The van der Waals surface area contributed by atoms with Crippen molar-refractivity contribution >= 4 is 44.4 Å². The molecule has 1 N–H and O–H groups in total. The summed E-state index contributed by atoms with van der Waals surface area (Å²) >= 11 is 1.27. The Labute approximate surface area is 270 Å². The fraction of sp³-hybridized carbons (Fsp3) is 0.412. The lowest BCUT2D eigenvalue weighted by Crippen LogP contribution is -2.54. The summed E-state index contributed by atoms with van der Waals surface area (Å²) in [5.74, 6) is -0.238. The molecule has 2 atom stereocenters. The number of nitrogens with zero attached hydrogens (tertiary/aromatic N) is 6. The number of nitrogens with one attached hydrogen (secondary N) is 1. The van der Waals surface area contributed by atoms with Gasteiger partial charge in [-0.1, -0.05) is 11.3 Å². The molecule has 3 aliphatic rings. The van der Waals surface area contributed by atoms with Gasteiger partial charge < -0.3 is 24.4 Å². The Morgan fingerprint density at radius 1 is 1.15 bits per heavy atom. The summed E-state index contributed by atoms with van der Waals surface area (Å²) in [5, 5.41) is 15.3. The summed E-state index contributed by atoms with van der Waals surface area (Å²) in [6, 6.07) is 14.4. The summed E-state index contributed by atoms with van der Waals surface area (Å²) in [5.41, 5.74) is 3.00. The number of ketones is 1. The number of aromatic nitrogens is 2. The summed E-state index contributed by atoms with van der Waals surface area (Å²) in [6.45, 7) is 6.68. The molecule has 238 valence electrons. The summed E-state index contributed by atoms with van der Waals surface area (Å²) in [6.07, 6.45) is 3.44. The van der Waals surface area contributed by atoms with Crippen LogP contribution in [0.3, 0.4) is 0 Å². The van der Waals surface area contributed by atoms with E-state index in [0.29, 0.717) is 39.8 Å². The molecule has 0 amide bonds. The highest BCUT2D eigenvalue weighted by molar-refractivity contribution is 7.16. The third-order valence-corrected chi connectivity index (χ3v) is 10.2. The second-order valence-electron chi connectivity index (χ2n) is 12.3. The number of hydrogen-bond acceptors (Lipinski definition) is 10. The van der Waals surface area contributed by atoms with Crippen LogP contribution >= 0.6 is 11.3 Å². The third-order valence-electron chi connectivity index (χ3n) is 9.18. The molecule has 7 rings (SSSR count). The van der Waals surface area contributed by atoms with E-state index in [2.05, 4.69) is 27.3 Å². The van der Waals surface area contributed by atoms with Crippen molar-refractivity contribution in [2.45, 2.75) is 38.0 Å². The first-order chi connectivity index (χ1) is 22.3. The van der Waals surface area contributed by atoms with Crippen LogP contribution in [0, 0.1) is 17.1 Å². The van der Waals surface area contributed by atoms with Gasteiger partial charge in [0.1, 0.15) is 28.6 Å². The highest BCUT2D eigenvalue weighted by Crippen LogP contribution is 2.40. The number of carbonyl (C=O) groups is 1. The number of pyridine rings is 1. The van der Waals surface area contributed by atoms with Crippen molar-refractivity contribution < 1.29 is 13.9 Å². The van der Waals surface area contributed by atoms with E-state index in [1.54, 1.807) is 12.1 Å². The van der Waals surface area contributed by atoms with Crippen molar-refractivity contribution in [3.63, 3.8) is 0 Å². The standard InChI is InChI=1S/C34H36FN7O3S/c1-21-32(45-16-11-37-21)29(43)20-40-12-14-41(15-13-40)25-9-10-26-27(17-25)28(19-42(33(26)44)24-7-8-24)39(2)34-38-31(30(18-36)46-34)22-3-5-23(35)6-4-22/h3-6,9-10,17,19,21,24,32,37H,7-8,11-16,20H2,1-2H3/t21?,32-/m1/s1. The first-order valence-corrected chi connectivity index (χ1v) is 16.6. The number of rotatable bonds is 8. The molecule has 2 aromatic heterocycles. The maximum absolute atomic E-state index is 13.6. The van der Waals surface area contributed by atoms with E-state index in [1.165, 1.54) is 23.5 Å². The number of Topliss-reactive ketones (excluding diaryl/α,β-unsaturated/α-hetero) is 1. The molecule has 46 heavy (non-hydrogen) atoms. The van der Waals surface area contributed by atoms with Crippen LogP contribution < -0.4 is 20.7 Å². The molecule has 1 unspecified atom stereocenters. The number of fused-ring (bicyclic) bond motifs is 1. The van der Waals surface area contributed by atoms with Gasteiger partial charge in [-0.3, -0.25) is 14.5 Å². The molecular weight excluding hydrogens is 605 g/mol. The Balaban J connectivity index is 1.16. The Bertz CT molecular complexity index is 1870. The van der Waals surface area contributed by atoms with Crippen LogP contribution in [0.4, 0.5) is 20.9 Å². The van der Waals surface area contributed by atoms with Crippen LogP contribution in [-0.4, -0.2) is 85.3 Å². The summed E-state index contributed by atoms with van der Waals surface area (Å²) in [4.78, 5) is 38.2. The molecule has 2 aromatic carbocycles. The molecule has 4 heterocycles. The number of halogens is 1. The highest BCUT2D eigenvalue weighted by Gasteiger charge is 2.31. The zero-order valence-electron chi connectivity index (χ0n) is 25.9. The normalized spacial score (nSPS) is 20.5. The topological polar surface area (TPSA) is 107 Å². The van der Waals surface area contributed by atoms with Crippen LogP contribution in [0.5, 0.6) is 0 Å². The van der Waals surface area contributed by atoms with Gasteiger partial charge in [0.25, 0.3) is 5.56 Å². The van der Waals surface area contributed by atoms with Gasteiger partial charge in [-0.25, -0.2) is 9.37 Å². The van der Waals surface area contributed by atoms with Gasteiger partial charge in [0.15, 0.2) is 10.9 Å². The van der Waals surface area contributed by atoms with Gasteiger partial charge in [-0.2, -0.15) is 5.26 Å². The number of nitriles is 1. The first-order valence-electron chi connectivity index (χ1n) is 15.7.